The average molecular weight is 277 g/mol. The molecule has 1 fully saturated rings. The van der Waals surface area contributed by atoms with Crippen molar-refractivity contribution in [2.24, 2.45) is 5.92 Å². The van der Waals surface area contributed by atoms with Gasteiger partial charge in [0, 0.05) is 18.7 Å². The Balaban J connectivity index is 1.77. The summed E-state index contributed by atoms with van der Waals surface area (Å²) in [6.07, 6.45) is 2.46. The van der Waals surface area contributed by atoms with Gasteiger partial charge in [-0.15, -0.1) is 0 Å². The van der Waals surface area contributed by atoms with Crippen molar-refractivity contribution >= 4 is 11.6 Å². The Bertz CT molecular complexity index is 467. The first kappa shape index (κ1) is 14.5. The van der Waals surface area contributed by atoms with E-state index in [1.807, 2.05) is 0 Å². The van der Waals surface area contributed by atoms with Crippen LogP contribution in [-0.4, -0.2) is 30.5 Å². The predicted octanol–water partition coefficient (Wildman–Crippen LogP) is 1.25. The van der Waals surface area contributed by atoms with Gasteiger partial charge in [0.2, 0.25) is 5.91 Å². The molecule has 0 spiro atoms. The maximum atomic E-state index is 11.8. The van der Waals surface area contributed by atoms with Crippen molar-refractivity contribution in [3.63, 3.8) is 0 Å². The zero-order chi connectivity index (χ0) is 14.4. The Hall–Kier alpha value is -1.95. The zero-order valence-corrected chi connectivity index (χ0v) is 11.3. The molecule has 1 aromatic carbocycles. The van der Waals surface area contributed by atoms with E-state index in [0.29, 0.717) is 12.5 Å². The molecule has 1 saturated heterocycles. The fourth-order valence-corrected chi connectivity index (χ4v) is 2.33. The lowest BCUT2D eigenvalue weighted by Crippen LogP contribution is -2.36. The highest BCUT2D eigenvalue weighted by molar-refractivity contribution is 5.78. The van der Waals surface area contributed by atoms with Gasteiger partial charge in [0.05, 0.1) is 11.3 Å². The van der Waals surface area contributed by atoms with Crippen LogP contribution in [0.25, 0.3) is 0 Å². The third-order valence-corrected chi connectivity index (χ3v) is 3.56. The lowest BCUT2D eigenvalue weighted by Gasteiger charge is -2.22. The Kier molecular flexibility index (Phi) is 5.06. The fourth-order valence-electron chi connectivity index (χ4n) is 2.33. The maximum absolute atomic E-state index is 11.8. The number of non-ortho nitro benzene ring substituents is 1. The third kappa shape index (κ3) is 4.31. The van der Waals surface area contributed by atoms with Crippen LogP contribution in [0.2, 0.25) is 0 Å². The first-order valence-corrected chi connectivity index (χ1v) is 6.86. The normalized spacial score (nSPS) is 15.8. The molecule has 108 valence electrons. The van der Waals surface area contributed by atoms with Crippen molar-refractivity contribution in [2.75, 3.05) is 19.6 Å². The van der Waals surface area contributed by atoms with Crippen molar-refractivity contribution in [2.45, 2.75) is 19.3 Å². The summed E-state index contributed by atoms with van der Waals surface area (Å²) < 4.78 is 0. The zero-order valence-electron chi connectivity index (χ0n) is 11.3. The summed E-state index contributed by atoms with van der Waals surface area (Å²) in [4.78, 5) is 21.9. The van der Waals surface area contributed by atoms with Crippen LogP contribution in [0, 0.1) is 16.0 Å². The van der Waals surface area contributed by atoms with Gasteiger partial charge in [-0.3, -0.25) is 14.9 Å². The lowest BCUT2D eigenvalue weighted by atomic mass is 9.98. The molecule has 1 heterocycles. The van der Waals surface area contributed by atoms with Gasteiger partial charge >= 0.3 is 0 Å². The van der Waals surface area contributed by atoms with E-state index in [4.69, 9.17) is 0 Å². The number of amides is 1. The van der Waals surface area contributed by atoms with E-state index in [-0.39, 0.29) is 18.0 Å². The van der Waals surface area contributed by atoms with Gasteiger partial charge in [0.25, 0.3) is 5.69 Å². The van der Waals surface area contributed by atoms with E-state index >= 15 is 0 Å². The number of piperidine rings is 1. The molecule has 2 rings (SSSR count). The van der Waals surface area contributed by atoms with Crippen LogP contribution >= 0.6 is 0 Å². The molecule has 20 heavy (non-hydrogen) atoms. The van der Waals surface area contributed by atoms with Gasteiger partial charge in [-0.25, -0.2) is 0 Å². The van der Waals surface area contributed by atoms with Crippen LogP contribution < -0.4 is 10.6 Å². The van der Waals surface area contributed by atoms with Gasteiger partial charge < -0.3 is 10.6 Å². The molecule has 0 saturated carbocycles. The summed E-state index contributed by atoms with van der Waals surface area (Å²) >= 11 is 0. The van der Waals surface area contributed by atoms with Gasteiger partial charge in [0.15, 0.2) is 0 Å². The number of hydrogen-bond donors (Lipinski definition) is 2. The van der Waals surface area contributed by atoms with Crippen LogP contribution in [0.15, 0.2) is 24.3 Å². The van der Waals surface area contributed by atoms with E-state index < -0.39 is 4.92 Å². The second kappa shape index (κ2) is 7.00. The number of nitrogens with one attached hydrogen (secondary N) is 2. The molecule has 1 aromatic rings. The molecular formula is C14H19N3O3. The van der Waals surface area contributed by atoms with Crippen molar-refractivity contribution < 1.29 is 9.72 Å². The van der Waals surface area contributed by atoms with E-state index in [1.165, 1.54) is 12.1 Å². The van der Waals surface area contributed by atoms with Gasteiger partial charge in [-0.05, 0) is 37.4 Å². The quantitative estimate of drug-likeness (QED) is 0.626. The minimum atomic E-state index is -0.443. The minimum Gasteiger partial charge on any atom is -0.356 e. The van der Waals surface area contributed by atoms with Gasteiger partial charge in [-0.2, -0.15) is 0 Å². The molecule has 6 nitrogen and oxygen atoms in total. The number of benzene rings is 1. The Morgan fingerprint density at radius 1 is 1.30 bits per heavy atom. The highest BCUT2D eigenvalue weighted by Gasteiger charge is 2.14. The van der Waals surface area contributed by atoms with E-state index in [9.17, 15) is 14.9 Å². The van der Waals surface area contributed by atoms with Gasteiger partial charge in [0.1, 0.15) is 0 Å². The van der Waals surface area contributed by atoms with E-state index in [2.05, 4.69) is 10.6 Å². The second-order valence-corrected chi connectivity index (χ2v) is 5.10. The molecule has 0 unspecified atom stereocenters. The highest BCUT2D eigenvalue weighted by atomic mass is 16.6. The predicted molar refractivity (Wildman–Crippen MR) is 75.4 cm³/mol. The van der Waals surface area contributed by atoms with E-state index in [1.54, 1.807) is 12.1 Å². The van der Waals surface area contributed by atoms with Crippen molar-refractivity contribution in [1.82, 2.24) is 10.6 Å². The average Bonchev–Trinajstić information content (AvgIpc) is 2.47. The largest absolute Gasteiger partial charge is 0.356 e. The van der Waals surface area contributed by atoms with Crippen LogP contribution in [0.4, 0.5) is 5.69 Å². The summed E-state index contributed by atoms with van der Waals surface area (Å²) in [7, 11) is 0. The number of carbonyl (C=O) groups excluding carboxylic acids is 1. The summed E-state index contributed by atoms with van der Waals surface area (Å²) in [5.74, 6) is 0.523. The van der Waals surface area contributed by atoms with Gasteiger partial charge in [-0.1, -0.05) is 12.1 Å². The Morgan fingerprint density at radius 2 is 1.95 bits per heavy atom. The molecule has 6 heteroatoms. The summed E-state index contributed by atoms with van der Waals surface area (Å²) in [5.41, 5.74) is 0.835. The number of carbonyl (C=O) groups is 1. The van der Waals surface area contributed by atoms with E-state index in [0.717, 1.165) is 31.5 Å². The molecule has 0 radical (unpaired) electrons. The number of rotatable bonds is 5. The molecule has 1 aliphatic heterocycles. The molecule has 1 aliphatic rings. The SMILES string of the molecule is O=C(Cc1ccc([N+](=O)[O-])cc1)NCC1CCNCC1. The van der Waals surface area contributed by atoms with Crippen molar-refractivity contribution in [1.29, 1.82) is 0 Å². The maximum Gasteiger partial charge on any atom is 0.269 e. The van der Waals surface area contributed by atoms with Crippen LogP contribution in [-0.2, 0) is 11.2 Å². The van der Waals surface area contributed by atoms with Crippen LogP contribution in [0.1, 0.15) is 18.4 Å². The molecule has 1 amide bonds. The molecular weight excluding hydrogens is 258 g/mol. The molecule has 0 aliphatic carbocycles. The minimum absolute atomic E-state index is 0.0302. The first-order valence-electron chi connectivity index (χ1n) is 6.86. The molecule has 0 aromatic heterocycles. The highest BCUT2D eigenvalue weighted by Crippen LogP contribution is 2.13. The second-order valence-electron chi connectivity index (χ2n) is 5.10. The first-order chi connectivity index (χ1) is 9.65. The summed E-state index contributed by atoms with van der Waals surface area (Å²) in [6, 6.07) is 6.11. The number of nitrogens with zero attached hydrogens (tertiary/aromatic N) is 1. The Labute approximate surface area is 117 Å². The van der Waals surface area contributed by atoms with Crippen LogP contribution in [0.5, 0.6) is 0 Å². The number of nitro groups is 1. The fraction of sp³-hybridized carbons (Fsp3) is 0.500. The monoisotopic (exact) mass is 277 g/mol. The molecule has 2 N–H and O–H groups in total. The smallest absolute Gasteiger partial charge is 0.269 e. The van der Waals surface area contributed by atoms with Crippen LogP contribution in [0.3, 0.4) is 0 Å². The standard InChI is InChI=1S/C14H19N3O3/c18-14(16-10-12-5-7-15-8-6-12)9-11-1-3-13(4-2-11)17(19)20/h1-4,12,15H,5-10H2,(H,16,18). The molecule has 0 atom stereocenters. The number of hydrogen-bond acceptors (Lipinski definition) is 4. The Morgan fingerprint density at radius 3 is 2.55 bits per heavy atom. The third-order valence-electron chi connectivity index (χ3n) is 3.56. The summed E-state index contributed by atoms with van der Waals surface area (Å²) in [5, 5.41) is 16.8. The lowest BCUT2D eigenvalue weighted by molar-refractivity contribution is -0.384. The van der Waals surface area contributed by atoms with Crippen molar-refractivity contribution in [3.8, 4) is 0 Å². The molecule has 0 bridgehead atoms. The summed E-state index contributed by atoms with van der Waals surface area (Å²) in [6.45, 7) is 2.75. The number of nitro benzene ring substituents is 1. The topological polar surface area (TPSA) is 84.3 Å². The van der Waals surface area contributed by atoms with Crippen molar-refractivity contribution in [3.05, 3.63) is 39.9 Å².